The SMILES string of the molecule is Fc1cc(Br)ccc1CC1(Cc2ccccc2)CNC1. The lowest BCUT2D eigenvalue weighted by Gasteiger charge is -2.43. The zero-order valence-electron chi connectivity index (χ0n) is 11.2. The van der Waals surface area contributed by atoms with Crippen molar-refractivity contribution in [1.82, 2.24) is 5.32 Å². The van der Waals surface area contributed by atoms with Crippen LogP contribution in [0.3, 0.4) is 0 Å². The third-order valence-electron chi connectivity index (χ3n) is 4.00. The molecule has 1 aliphatic rings. The quantitative estimate of drug-likeness (QED) is 0.892. The van der Waals surface area contributed by atoms with Crippen molar-refractivity contribution in [3.8, 4) is 0 Å². The summed E-state index contributed by atoms with van der Waals surface area (Å²) in [4.78, 5) is 0. The molecule has 0 bridgehead atoms. The maximum atomic E-state index is 14.0. The van der Waals surface area contributed by atoms with Gasteiger partial charge in [-0.05, 0) is 36.1 Å². The first-order valence-corrected chi connectivity index (χ1v) is 7.65. The lowest BCUT2D eigenvalue weighted by molar-refractivity contribution is 0.165. The second-order valence-electron chi connectivity index (χ2n) is 5.68. The highest BCUT2D eigenvalue weighted by atomic mass is 79.9. The van der Waals surface area contributed by atoms with E-state index in [4.69, 9.17) is 0 Å². The first-order valence-electron chi connectivity index (χ1n) is 6.86. The number of nitrogens with one attached hydrogen (secondary N) is 1. The van der Waals surface area contributed by atoms with Crippen LogP contribution in [0.15, 0.2) is 53.0 Å². The van der Waals surface area contributed by atoms with Gasteiger partial charge >= 0.3 is 0 Å². The van der Waals surface area contributed by atoms with Crippen LogP contribution in [-0.4, -0.2) is 13.1 Å². The Morgan fingerprint density at radius 2 is 1.80 bits per heavy atom. The van der Waals surface area contributed by atoms with Crippen LogP contribution in [0.4, 0.5) is 4.39 Å². The van der Waals surface area contributed by atoms with Crippen molar-refractivity contribution in [3.63, 3.8) is 0 Å². The second kappa shape index (κ2) is 5.66. The van der Waals surface area contributed by atoms with Crippen molar-refractivity contribution in [2.24, 2.45) is 5.41 Å². The molecule has 3 heteroatoms. The molecular formula is C17H17BrFN. The van der Waals surface area contributed by atoms with Gasteiger partial charge in [0.15, 0.2) is 0 Å². The van der Waals surface area contributed by atoms with E-state index in [-0.39, 0.29) is 11.2 Å². The third-order valence-corrected chi connectivity index (χ3v) is 4.50. The first-order chi connectivity index (χ1) is 9.67. The smallest absolute Gasteiger partial charge is 0.127 e. The van der Waals surface area contributed by atoms with Crippen LogP contribution < -0.4 is 5.32 Å². The van der Waals surface area contributed by atoms with Crippen molar-refractivity contribution < 1.29 is 4.39 Å². The van der Waals surface area contributed by atoms with E-state index in [9.17, 15) is 4.39 Å². The van der Waals surface area contributed by atoms with Gasteiger partial charge in [0, 0.05) is 23.0 Å². The number of hydrogen-bond acceptors (Lipinski definition) is 1. The Hall–Kier alpha value is -1.19. The molecule has 0 atom stereocenters. The summed E-state index contributed by atoms with van der Waals surface area (Å²) in [5.41, 5.74) is 2.29. The molecule has 20 heavy (non-hydrogen) atoms. The number of benzene rings is 2. The van der Waals surface area contributed by atoms with Gasteiger partial charge < -0.3 is 5.32 Å². The molecule has 1 N–H and O–H groups in total. The maximum Gasteiger partial charge on any atom is 0.127 e. The Balaban J connectivity index is 1.79. The fourth-order valence-corrected chi connectivity index (χ4v) is 3.22. The van der Waals surface area contributed by atoms with Gasteiger partial charge in [-0.15, -0.1) is 0 Å². The van der Waals surface area contributed by atoms with E-state index in [0.29, 0.717) is 0 Å². The Morgan fingerprint density at radius 1 is 1.05 bits per heavy atom. The summed E-state index contributed by atoms with van der Waals surface area (Å²) >= 11 is 3.31. The van der Waals surface area contributed by atoms with Gasteiger partial charge in [0.25, 0.3) is 0 Å². The summed E-state index contributed by atoms with van der Waals surface area (Å²) < 4.78 is 14.8. The van der Waals surface area contributed by atoms with Crippen LogP contribution in [0.1, 0.15) is 11.1 Å². The normalized spacial score (nSPS) is 16.7. The van der Waals surface area contributed by atoms with Crippen LogP contribution >= 0.6 is 15.9 Å². The molecule has 2 aromatic rings. The lowest BCUT2D eigenvalue weighted by atomic mass is 9.72. The molecule has 2 aromatic carbocycles. The summed E-state index contributed by atoms with van der Waals surface area (Å²) in [5, 5.41) is 3.34. The monoisotopic (exact) mass is 333 g/mol. The van der Waals surface area contributed by atoms with E-state index >= 15 is 0 Å². The fourth-order valence-electron chi connectivity index (χ4n) is 2.89. The predicted molar refractivity (Wildman–Crippen MR) is 83.3 cm³/mol. The molecule has 0 aromatic heterocycles. The molecule has 1 nitrogen and oxygen atoms in total. The summed E-state index contributed by atoms with van der Waals surface area (Å²) in [5.74, 6) is -0.112. The van der Waals surface area contributed by atoms with Crippen LogP contribution in [0.2, 0.25) is 0 Å². The van der Waals surface area contributed by atoms with E-state index in [0.717, 1.165) is 36.0 Å². The zero-order valence-corrected chi connectivity index (χ0v) is 12.8. The molecule has 104 valence electrons. The van der Waals surface area contributed by atoms with Crippen LogP contribution in [-0.2, 0) is 12.8 Å². The molecule has 1 aliphatic heterocycles. The molecule has 0 aliphatic carbocycles. The highest BCUT2D eigenvalue weighted by Gasteiger charge is 2.37. The number of hydrogen-bond donors (Lipinski definition) is 1. The summed E-state index contributed by atoms with van der Waals surface area (Å²) in [7, 11) is 0. The molecule has 0 spiro atoms. The van der Waals surface area contributed by atoms with E-state index in [1.807, 2.05) is 18.2 Å². The van der Waals surface area contributed by atoms with E-state index < -0.39 is 0 Å². The first kappa shape index (κ1) is 13.8. The van der Waals surface area contributed by atoms with Crippen LogP contribution in [0.25, 0.3) is 0 Å². The largest absolute Gasteiger partial charge is 0.315 e. The Kier molecular flexibility index (Phi) is 3.90. The minimum Gasteiger partial charge on any atom is -0.315 e. The molecule has 0 radical (unpaired) electrons. The highest BCUT2D eigenvalue weighted by Crippen LogP contribution is 2.33. The van der Waals surface area contributed by atoms with Gasteiger partial charge in [0.1, 0.15) is 5.82 Å². The maximum absolute atomic E-state index is 14.0. The van der Waals surface area contributed by atoms with Gasteiger partial charge in [0.2, 0.25) is 0 Å². The van der Waals surface area contributed by atoms with Gasteiger partial charge in [-0.2, -0.15) is 0 Å². The third kappa shape index (κ3) is 2.94. The molecule has 1 fully saturated rings. The predicted octanol–water partition coefficient (Wildman–Crippen LogP) is 3.96. The molecular weight excluding hydrogens is 317 g/mol. The molecule has 0 amide bonds. The van der Waals surface area contributed by atoms with Crippen molar-refractivity contribution in [2.45, 2.75) is 12.8 Å². The summed E-state index contributed by atoms with van der Waals surface area (Å²) in [6.45, 7) is 1.91. The lowest BCUT2D eigenvalue weighted by Crippen LogP contribution is -2.56. The highest BCUT2D eigenvalue weighted by molar-refractivity contribution is 9.10. The average Bonchev–Trinajstić information content (AvgIpc) is 2.40. The summed E-state index contributed by atoms with van der Waals surface area (Å²) in [6.07, 6.45) is 1.78. The van der Waals surface area contributed by atoms with Crippen LogP contribution in [0.5, 0.6) is 0 Å². The molecule has 0 unspecified atom stereocenters. The van der Waals surface area contributed by atoms with Gasteiger partial charge in [-0.3, -0.25) is 0 Å². The Morgan fingerprint density at radius 3 is 2.40 bits per heavy atom. The van der Waals surface area contributed by atoms with Gasteiger partial charge in [-0.25, -0.2) is 4.39 Å². The standard InChI is InChI=1S/C17H17BrFN/c18-15-7-6-14(16(19)8-15)10-17(11-20-12-17)9-13-4-2-1-3-5-13/h1-8,20H,9-12H2. The molecule has 0 saturated carbocycles. The topological polar surface area (TPSA) is 12.0 Å². The summed E-state index contributed by atoms with van der Waals surface area (Å²) in [6, 6.07) is 15.8. The van der Waals surface area contributed by atoms with Crippen molar-refractivity contribution in [2.75, 3.05) is 13.1 Å². The molecule has 1 saturated heterocycles. The molecule has 1 heterocycles. The van der Waals surface area contributed by atoms with E-state index in [1.54, 1.807) is 6.07 Å². The fraction of sp³-hybridized carbons (Fsp3) is 0.294. The number of rotatable bonds is 4. The van der Waals surface area contributed by atoms with Gasteiger partial charge in [-0.1, -0.05) is 52.3 Å². The van der Waals surface area contributed by atoms with E-state index in [2.05, 4.69) is 45.5 Å². The van der Waals surface area contributed by atoms with Crippen molar-refractivity contribution in [1.29, 1.82) is 0 Å². The Bertz CT molecular complexity index is 593. The average molecular weight is 334 g/mol. The number of halogens is 2. The zero-order chi connectivity index (χ0) is 14.0. The minimum absolute atomic E-state index is 0.112. The van der Waals surface area contributed by atoms with Crippen molar-refractivity contribution in [3.05, 3.63) is 69.9 Å². The van der Waals surface area contributed by atoms with Crippen LogP contribution in [0, 0.1) is 11.2 Å². The van der Waals surface area contributed by atoms with Gasteiger partial charge in [0.05, 0.1) is 0 Å². The van der Waals surface area contributed by atoms with Crippen molar-refractivity contribution >= 4 is 15.9 Å². The Labute approximate surface area is 127 Å². The minimum atomic E-state index is -0.112. The molecule has 3 rings (SSSR count). The second-order valence-corrected chi connectivity index (χ2v) is 6.59. The van der Waals surface area contributed by atoms with E-state index in [1.165, 1.54) is 5.56 Å².